The highest BCUT2D eigenvalue weighted by Crippen LogP contribution is 2.33. The number of hydrogen-bond donors (Lipinski definition) is 1. The molecule has 2 heterocycles. The van der Waals surface area contributed by atoms with Crippen molar-refractivity contribution in [2.24, 2.45) is 0 Å². The van der Waals surface area contributed by atoms with Gasteiger partial charge in [0.15, 0.2) is 11.5 Å². The predicted octanol–water partition coefficient (Wildman–Crippen LogP) is 2.96. The number of methoxy groups -OCH3 is 2. The Morgan fingerprint density at radius 2 is 1.71 bits per heavy atom. The lowest BCUT2D eigenvalue weighted by atomic mass is 10.0. The minimum atomic E-state index is -0.0209. The van der Waals surface area contributed by atoms with Crippen molar-refractivity contribution < 1.29 is 19.1 Å². The number of hydrogen-bond acceptors (Lipinski definition) is 6. The van der Waals surface area contributed by atoms with Gasteiger partial charge in [0, 0.05) is 43.2 Å². The molecule has 0 bridgehead atoms. The molecule has 182 valence electrons. The first kappa shape index (κ1) is 23.1. The molecule has 8 nitrogen and oxygen atoms in total. The number of para-hydroxylation sites is 1. The molecule has 1 saturated carbocycles. The van der Waals surface area contributed by atoms with Crippen molar-refractivity contribution >= 4 is 22.7 Å². The van der Waals surface area contributed by atoms with Crippen LogP contribution in [0.5, 0.6) is 11.5 Å². The first-order chi connectivity index (χ1) is 17.1. The van der Waals surface area contributed by atoms with Gasteiger partial charge in [0.05, 0.1) is 37.5 Å². The number of piperazine rings is 1. The van der Waals surface area contributed by atoms with Gasteiger partial charge in [-0.15, -0.1) is 0 Å². The van der Waals surface area contributed by atoms with E-state index in [1.165, 1.54) is 0 Å². The van der Waals surface area contributed by atoms with Gasteiger partial charge in [-0.25, -0.2) is 4.98 Å². The second-order valence-electron chi connectivity index (χ2n) is 9.05. The van der Waals surface area contributed by atoms with E-state index in [2.05, 4.69) is 10.2 Å². The van der Waals surface area contributed by atoms with Crippen LogP contribution < -0.4 is 14.8 Å². The Bertz CT molecular complexity index is 1250. The number of aromatic nitrogens is 1. The zero-order chi connectivity index (χ0) is 24.4. The van der Waals surface area contributed by atoms with Crippen LogP contribution in [-0.4, -0.2) is 79.6 Å². The number of amides is 2. The Morgan fingerprint density at radius 1 is 0.971 bits per heavy atom. The highest BCUT2D eigenvalue weighted by molar-refractivity contribution is 6.07. The summed E-state index contributed by atoms with van der Waals surface area (Å²) in [5, 5.41) is 3.86. The molecule has 0 radical (unpaired) electrons. The van der Waals surface area contributed by atoms with Crippen molar-refractivity contribution in [2.45, 2.75) is 18.9 Å². The lowest BCUT2D eigenvalue weighted by Crippen LogP contribution is -2.51. The summed E-state index contributed by atoms with van der Waals surface area (Å²) in [7, 11) is 3.20. The highest BCUT2D eigenvalue weighted by Gasteiger charge is 2.27. The molecule has 2 aromatic carbocycles. The minimum Gasteiger partial charge on any atom is -0.493 e. The summed E-state index contributed by atoms with van der Waals surface area (Å²) < 4.78 is 10.8. The topological polar surface area (TPSA) is 84.0 Å². The van der Waals surface area contributed by atoms with Crippen molar-refractivity contribution in [1.29, 1.82) is 0 Å². The van der Waals surface area contributed by atoms with E-state index in [0.717, 1.165) is 29.3 Å². The molecule has 1 aromatic heterocycles. The molecular weight excluding hydrogens is 444 g/mol. The van der Waals surface area contributed by atoms with E-state index in [-0.39, 0.29) is 11.8 Å². The van der Waals surface area contributed by atoms with Gasteiger partial charge in [-0.05, 0) is 43.2 Å². The molecular formula is C27H30N4O4. The number of benzene rings is 2. The average Bonchev–Trinajstić information content (AvgIpc) is 3.71. The molecule has 1 aliphatic heterocycles. The summed E-state index contributed by atoms with van der Waals surface area (Å²) in [6.45, 7) is 2.90. The molecule has 8 heteroatoms. The molecule has 0 spiro atoms. The lowest BCUT2D eigenvalue weighted by molar-refractivity contribution is -0.122. The molecule has 2 aliphatic rings. The maximum Gasteiger partial charge on any atom is 0.254 e. The molecule has 5 rings (SSSR count). The number of rotatable bonds is 7. The molecule has 35 heavy (non-hydrogen) atoms. The van der Waals surface area contributed by atoms with Crippen LogP contribution in [0.2, 0.25) is 0 Å². The van der Waals surface area contributed by atoms with E-state index >= 15 is 0 Å². The largest absolute Gasteiger partial charge is 0.493 e. The maximum absolute atomic E-state index is 13.7. The molecule has 3 aromatic rings. The fourth-order valence-corrected chi connectivity index (χ4v) is 4.48. The van der Waals surface area contributed by atoms with Gasteiger partial charge in [0.1, 0.15) is 0 Å². The fourth-order valence-electron chi connectivity index (χ4n) is 4.48. The van der Waals surface area contributed by atoms with E-state index in [0.29, 0.717) is 61.5 Å². The summed E-state index contributed by atoms with van der Waals surface area (Å²) in [6.07, 6.45) is 2.17. The molecule has 0 atom stereocenters. The third-order valence-electron chi connectivity index (χ3n) is 6.60. The fraction of sp³-hybridized carbons (Fsp3) is 0.370. The van der Waals surface area contributed by atoms with E-state index < -0.39 is 0 Å². The Morgan fingerprint density at radius 3 is 2.43 bits per heavy atom. The van der Waals surface area contributed by atoms with Crippen LogP contribution in [0.1, 0.15) is 23.2 Å². The third-order valence-corrected chi connectivity index (χ3v) is 6.60. The Kier molecular flexibility index (Phi) is 6.55. The average molecular weight is 475 g/mol. The summed E-state index contributed by atoms with van der Waals surface area (Å²) in [5.41, 5.74) is 2.93. The lowest BCUT2D eigenvalue weighted by Gasteiger charge is -2.34. The van der Waals surface area contributed by atoms with Crippen molar-refractivity contribution in [3.8, 4) is 22.8 Å². The van der Waals surface area contributed by atoms with E-state index in [1.54, 1.807) is 14.2 Å². The quantitative estimate of drug-likeness (QED) is 0.567. The van der Waals surface area contributed by atoms with Gasteiger partial charge >= 0.3 is 0 Å². The van der Waals surface area contributed by atoms with Crippen LogP contribution >= 0.6 is 0 Å². The van der Waals surface area contributed by atoms with Crippen LogP contribution in [-0.2, 0) is 4.79 Å². The van der Waals surface area contributed by atoms with Gasteiger partial charge in [0.25, 0.3) is 5.91 Å². The highest BCUT2D eigenvalue weighted by atomic mass is 16.5. The number of fused-ring (bicyclic) bond motifs is 1. The standard InChI is InChI=1S/C27H30N4O4/c1-34-24-10-7-18(15-25(24)35-2)23-16-21(20-5-3-4-6-22(20)29-23)27(33)31-13-11-30(12-14-31)17-26(32)28-19-8-9-19/h3-7,10,15-16,19H,8-9,11-14,17H2,1-2H3,(H,28,32). The number of carbonyl (C=O) groups excluding carboxylic acids is 2. The first-order valence-corrected chi connectivity index (χ1v) is 12.0. The van der Waals surface area contributed by atoms with Gasteiger partial charge in [0.2, 0.25) is 5.91 Å². The van der Waals surface area contributed by atoms with E-state index in [1.807, 2.05) is 53.4 Å². The van der Waals surface area contributed by atoms with Gasteiger partial charge in [-0.2, -0.15) is 0 Å². The summed E-state index contributed by atoms with van der Waals surface area (Å²) >= 11 is 0. The Hall–Kier alpha value is -3.65. The smallest absolute Gasteiger partial charge is 0.254 e. The third kappa shape index (κ3) is 5.07. The number of carbonyl (C=O) groups is 2. The van der Waals surface area contributed by atoms with Crippen LogP contribution in [0.25, 0.3) is 22.2 Å². The van der Waals surface area contributed by atoms with Crippen molar-refractivity contribution in [3.05, 3.63) is 54.1 Å². The Labute approximate surface area is 204 Å². The second-order valence-corrected chi connectivity index (χ2v) is 9.05. The Balaban J connectivity index is 1.38. The number of pyridine rings is 1. The van der Waals surface area contributed by atoms with Crippen LogP contribution in [0, 0.1) is 0 Å². The molecule has 1 saturated heterocycles. The second kappa shape index (κ2) is 9.92. The predicted molar refractivity (Wildman–Crippen MR) is 134 cm³/mol. The zero-order valence-corrected chi connectivity index (χ0v) is 20.1. The van der Waals surface area contributed by atoms with Crippen molar-refractivity contribution in [2.75, 3.05) is 46.9 Å². The van der Waals surface area contributed by atoms with Crippen molar-refractivity contribution in [1.82, 2.24) is 20.1 Å². The van der Waals surface area contributed by atoms with Crippen LogP contribution in [0.3, 0.4) is 0 Å². The normalized spacial score (nSPS) is 16.2. The van der Waals surface area contributed by atoms with Crippen LogP contribution in [0.4, 0.5) is 0 Å². The zero-order valence-electron chi connectivity index (χ0n) is 20.1. The maximum atomic E-state index is 13.7. The van der Waals surface area contributed by atoms with E-state index in [4.69, 9.17) is 14.5 Å². The van der Waals surface area contributed by atoms with Gasteiger partial charge in [-0.3, -0.25) is 14.5 Å². The monoisotopic (exact) mass is 474 g/mol. The molecule has 2 amide bonds. The SMILES string of the molecule is COc1ccc(-c2cc(C(=O)N3CCN(CC(=O)NC4CC4)CC3)c3ccccc3n2)cc1OC. The molecule has 1 aliphatic carbocycles. The first-order valence-electron chi connectivity index (χ1n) is 12.0. The summed E-state index contributed by atoms with van der Waals surface area (Å²) in [6, 6.07) is 15.6. The summed E-state index contributed by atoms with van der Waals surface area (Å²) in [5.74, 6) is 1.30. The number of ether oxygens (including phenoxy) is 2. The molecule has 0 unspecified atom stereocenters. The van der Waals surface area contributed by atoms with Gasteiger partial charge in [-0.1, -0.05) is 18.2 Å². The van der Waals surface area contributed by atoms with Gasteiger partial charge < -0.3 is 19.7 Å². The minimum absolute atomic E-state index is 0.0209. The molecule has 1 N–H and O–H groups in total. The summed E-state index contributed by atoms with van der Waals surface area (Å²) in [4.78, 5) is 34.6. The van der Waals surface area contributed by atoms with Crippen LogP contribution in [0.15, 0.2) is 48.5 Å². The number of nitrogens with zero attached hydrogens (tertiary/aromatic N) is 3. The number of nitrogens with one attached hydrogen (secondary N) is 1. The van der Waals surface area contributed by atoms with Crippen molar-refractivity contribution in [3.63, 3.8) is 0 Å². The molecule has 2 fully saturated rings. The van der Waals surface area contributed by atoms with E-state index in [9.17, 15) is 9.59 Å².